The molecule has 2 aromatic rings. The summed E-state index contributed by atoms with van der Waals surface area (Å²) >= 11 is 0. The van der Waals surface area contributed by atoms with E-state index in [2.05, 4.69) is 222 Å². The molecule has 1 amide bonds. The second-order valence-electron chi connectivity index (χ2n) is 29.6. The Kier molecular flexibility index (Phi) is 43.4. The van der Waals surface area contributed by atoms with Crippen LogP contribution in [0.5, 0.6) is 0 Å². The normalized spacial score (nSPS) is 16.0. The quantitative estimate of drug-likeness (QED) is 0.0298. The van der Waals surface area contributed by atoms with Crippen molar-refractivity contribution < 1.29 is 85.9 Å². The van der Waals surface area contributed by atoms with Gasteiger partial charge in [-0.1, -0.05) is 212 Å². The monoisotopic (exact) mass is 1480 g/mol. The Morgan fingerprint density at radius 1 is 0.505 bits per heavy atom. The maximum Gasteiger partial charge on any atom is 0.306 e. The van der Waals surface area contributed by atoms with Gasteiger partial charge in [-0.05, 0) is 189 Å². The highest BCUT2D eigenvalue weighted by molar-refractivity contribution is 6.74. The minimum atomic E-state index is -2.71. The molecule has 596 valence electrons. The number of benzene rings is 2. The van der Waals surface area contributed by atoms with E-state index in [1.54, 1.807) is 6.92 Å². The zero-order valence-corrected chi connectivity index (χ0v) is 66.6. The summed E-state index contributed by atoms with van der Waals surface area (Å²) < 4.78 is 54.8. The molecule has 0 spiro atoms. The van der Waals surface area contributed by atoms with Gasteiger partial charge in [-0.25, -0.2) is 0 Å². The average Bonchev–Trinajstić information content (AvgIpc) is 0.791. The first-order valence-corrected chi connectivity index (χ1v) is 42.5. The Labute approximate surface area is 659 Å². The third-order valence-electron chi connectivity index (χ3n) is 17.9. The molecule has 0 aromatic heterocycles. The maximum atomic E-state index is 14.6. The lowest BCUT2D eigenvalue weighted by Gasteiger charge is -2.48. The van der Waals surface area contributed by atoms with E-state index < -0.39 is 71.0 Å². The number of unbranched alkanes of at least 4 members (excludes halogenated alkanes) is 14. The molecule has 2 aromatic carbocycles. The number of esters is 2. The van der Waals surface area contributed by atoms with Crippen molar-refractivity contribution in [1.82, 2.24) is 5.32 Å². The number of nitrogens with one attached hydrogen (secondary N) is 1. The van der Waals surface area contributed by atoms with Crippen LogP contribution in [-0.2, 0) is 64.9 Å². The van der Waals surface area contributed by atoms with Crippen molar-refractivity contribution in [3.63, 3.8) is 0 Å². The number of ether oxygens (including phenoxy) is 6. The summed E-state index contributed by atoms with van der Waals surface area (Å²) in [6.07, 6.45) is 14.0. The van der Waals surface area contributed by atoms with Crippen LogP contribution in [0.25, 0.3) is 0 Å². The first kappa shape index (κ1) is 89.0. The molecule has 12 nitrogen and oxygen atoms in total. The van der Waals surface area contributed by atoms with Crippen molar-refractivity contribution in [2.45, 2.75) is 303 Å². The molecule has 1 N–H and O–H groups in total. The van der Waals surface area contributed by atoms with Gasteiger partial charge in [-0.3, -0.25) is 14.4 Å². The van der Waals surface area contributed by atoms with E-state index in [1.165, 1.54) is 57.8 Å². The topological polar surface area (TPSA) is 137 Å². The van der Waals surface area contributed by atoms with Gasteiger partial charge in [-0.15, -0.1) is 0 Å². The van der Waals surface area contributed by atoms with Crippen molar-refractivity contribution in [1.29, 1.82) is 0 Å². The fourth-order valence-electron chi connectivity index (χ4n) is 10.3. The molecule has 0 radical (unpaired) electrons. The molecule has 0 bridgehead atoms. The van der Waals surface area contributed by atoms with Gasteiger partial charge in [0.1, 0.15) is 24.4 Å². The van der Waals surface area contributed by atoms with E-state index in [0.717, 1.165) is 43.2 Å². The van der Waals surface area contributed by atoms with Crippen LogP contribution in [0.15, 0.2) is 60.7 Å². The van der Waals surface area contributed by atoms with Gasteiger partial charge >= 0.3 is 11.9 Å². The largest absolute Gasteiger partial charge is 0.463 e. The first-order valence-electron chi connectivity index (χ1n) is 36.7. The highest BCUT2D eigenvalue weighted by Crippen LogP contribution is 2.42. The summed E-state index contributed by atoms with van der Waals surface area (Å²) in [5.41, 5.74) is 1.36. The lowest BCUT2D eigenvalue weighted by Crippen LogP contribution is -2.61. The van der Waals surface area contributed by atoms with Crippen molar-refractivity contribution >= 4 is 34.5 Å². The van der Waals surface area contributed by atoms with E-state index in [4.69, 9.17) is 37.3 Å². The summed E-state index contributed by atoms with van der Waals surface area (Å²) in [5.74, 6) is 60.7. The Morgan fingerprint density at radius 3 is 1.34 bits per heavy atom. The van der Waals surface area contributed by atoms with E-state index >= 15 is 0 Å². The number of rotatable bonds is 38. The second-order valence-corrected chi connectivity index (χ2v) is 39.1. The third-order valence-corrected chi connectivity index (χ3v) is 26.8. The summed E-state index contributed by atoms with van der Waals surface area (Å²) in [5, 5.41) is 2.85. The van der Waals surface area contributed by atoms with Crippen LogP contribution >= 0.6 is 0 Å². The van der Waals surface area contributed by atoms with Crippen LogP contribution in [-0.4, -0.2) is 96.1 Å². The molecule has 3 rings (SSSR count). The van der Waals surface area contributed by atoms with Crippen LogP contribution in [0.4, 0.5) is 0 Å². The second kappa shape index (κ2) is 50.2. The molecule has 0 saturated carbocycles. The Bertz CT molecular complexity index is 3860. The standard InChI is InChI=1S/C89H113NO11Si2.24H2/c1-17-19-21-23-25-27-29-31-32-33-34-35-36-37-38-39-40-41-43-45-47-49-59-67-80(91)90-77(85(101-103(15,16)89(10,11)12)78(100-102(13,14)88(7,8)9)66-58-48-46-44-42-30-28-26-24-22-20-18-2)72-97-86-84(96-71-76-64-56-53-57-65-76)74(3)83(95-70-75-62-54-52-55-63-75)79(98-86)73-94-81(92)68-60-50-51-61-69-82(93)99-87(4,5)6;;;;;;;;;;;;;;;;;;;;;;;;/h52-57,62-65,74,77-79,83-86H,18,20,22,24,26,28,30,42,44,46,48,50-51,58,60-61,66,68-73H2,1-16H3,(H,90,91);24*1H/t74-,77-,78+,79?,83+,84?,85-,86-;;;;;;;;;;;;;;;;;;;;;;;;/m0......................../s1. The summed E-state index contributed by atoms with van der Waals surface area (Å²) in [4.78, 5) is 40.6. The van der Waals surface area contributed by atoms with E-state index in [1.807, 2.05) is 88.4 Å². The van der Waals surface area contributed by atoms with Gasteiger partial charge in [0.25, 0.3) is 5.91 Å². The molecule has 8 atom stereocenters. The zero-order valence-electron chi connectivity index (χ0n) is 64.6. The molecule has 14 heteroatoms. The number of carbonyl (C=O) groups is 3. The fourth-order valence-corrected chi connectivity index (χ4v) is 13.0. The van der Waals surface area contributed by atoms with Gasteiger partial charge in [0, 0.05) is 94.4 Å². The first-order chi connectivity index (χ1) is 49.2. The number of amides is 1. The van der Waals surface area contributed by atoms with Crippen molar-refractivity contribution in [3.8, 4) is 142 Å². The predicted molar refractivity (Wildman–Crippen MR) is 470 cm³/mol. The number of hydrogen-bond acceptors (Lipinski definition) is 11. The van der Waals surface area contributed by atoms with Crippen LogP contribution in [0.1, 0.15) is 250 Å². The molecule has 1 fully saturated rings. The van der Waals surface area contributed by atoms with E-state index in [9.17, 15) is 14.4 Å². The molecular formula is C89H161NO11Si2. The Morgan fingerprint density at radius 2 is 0.903 bits per heavy atom. The average molecular weight is 1480 g/mol. The Balaban J connectivity index is -0.000000230. The fraction of sp³-hybridized carbons (Fsp3) is 0.562. The minimum Gasteiger partial charge on any atom is -0.463 e. The molecule has 1 aliphatic heterocycles. The van der Waals surface area contributed by atoms with Crippen molar-refractivity contribution in [3.05, 3.63) is 71.8 Å². The summed E-state index contributed by atoms with van der Waals surface area (Å²) in [6, 6.07) is 18.9. The lowest BCUT2D eigenvalue weighted by atomic mass is 9.90. The Hall–Kier alpha value is -8.24. The molecule has 103 heavy (non-hydrogen) atoms. The molecule has 1 saturated heterocycles. The third kappa shape index (κ3) is 39.8. The van der Waals surface area contributed by atoms with Gasteiger partial charge in [0.2, 0.25) is 0 Å². The van der Waals surface area contributed by atoms with E-state index in [0.29, 0.717) is 25.7 Å². The summed E-state index contributed by atoms with van der Waals surface area (Å²) in [7, 11) is -5.26. The van der Waals surface area contributed by atoms with Crippen molar-refractivity contribution in [2.24, 2.45) is 5.92 Å². The molecule has 1 heterocycles. The highest BCUT2D eigenvalue weighted by Gasteiger charge is 2.50. The van der Waals surface area contributed by atoms with Crippen LogP contribution in [0, 0.1) is 148 Å². The van der Waals surface area contributed by atoms with Crippen molar-refractivity contribution in [2.75, 3.05) is 13.2 Å². The predicted octanol–water partition coefficient (Wildman–Crippen LogP) is 22.1. The van der Waals surface area contributed by atoms with Gasteiger partial charge in [-0.2, -0.15) is 0 Å². The maximum absolute atomic E-state index is 14.6. The van der Waals surface area contributed by atoms with Gasteiger partial charge < -0.3 is 42.6 Å². The molecule has 0 aliphatic carbocycles. The highest BCUT2D eigenvalue weighted by atomic mass is 28.4. The number of hydrogen-bond donors (Lipinski definition) is 1. The smallest absolute Gasteiger partial charge is 0.306 e. The van der Waals surface area contributed by atoms with Crippen LogP contribution in [0.2, 0.25) is 36.3 Å². The van der Waals surface area contributed by atoms with Crippen LogP contribution < -0.4 is 5.32 Å². The van der Waals surface area contributed by atoms with E-state index in [-0.39, 0.29) is 95.0 Å². The molecule has 2 unspecified atom stereocenters. The zero-order chi connectivity index (χ0) is 75.7. The minimum absolute atomic E-state index is 0. The number of carbonyl (C=O) groups excluding carboxylic acids is 3. The molecular weight excluding hydrogens is 1320 g/mol. The van der Waals surface area contributed by atoms with Gasteiger partial charge in [0.15, 0.2) is 22.9 Å². The molecule has 1 aliphatic rings. The lowest BCUT2D eigenvalue weighted by molar-refractivity contribution is -0.308. The SMILES string of the molecule is CC#CC#CC#CC#CC#CC#CC#CC#CC#CC#CC#CC#CC(=O)N[C@@H](CO[C@H]1OC(COC(=O)CCCCCCC(=O)OC(C)(C)C)[C@H](OCc2ccccc2)[C@H](C)C1OCc1ccccc1)[C@H](O[Si](C)(C)C(C)(C)C)[C@@H](CCCCCCCCCCCCCC)O[Si](C)(C)C(C)(C)C.[HH].[HH].[HH].[HH].[HH].[HH].[HH].[HH].[HH].[HH].[HH].[HH].[HH].[HH].[HH].[HH].[HH].[HH].[HH].[HH].[HH].[HH].[HH].[HH]. The van der Waals surface area contributed by atoms with Crippen LogP contribution in [0.3, 0.4) is 0 Å². The summed E-state index contributed by atoms with van der Waals surface area (Å²) in [6.45, 7) is 34.1. The van der Waals surface area contributed by atoms with Gasteiger partial charge in [0.05, 0.1) is 44.2 Å².